The summed E-state index contributed by atoms with van der Waals surface area (Å²) >= 11 is 1.58. The predicted molar refractivity (Wildman–Crippen MR) is 96.5 cm³/mol. The SMILES string of the molecule is O=C(Nc1cccc2n[nH]nc12)N1CCC(C(O)c2cccs2)CC1. The lowest BCUT2D eigenvalue weighted by atomic mass is 9.90. The molecule has 0 saturated carbocycles. The molecule has 2 aromatic heterocycles. The largest absolute Gasteiger partial charge is 0.387 e. The molecule has 1 aliphatic heterocycles. The zero-order valence-corrected chi connectivity index (χ0v) is 14.4. The summed E-state index contributed by atoms with van der Waals surface area (Å²) in [6.45, 7) is 1.27. The molecule has 7 nitrogen and oxygen atoms in total. The van der Waals surface area contributed by atoms with Gasteiger partial charge in [-0.3, -0.25) is 0 Å². The molecular formula is C17H19N5O2S. The Morgan fingerprint density at radius 1 is 1.28 bits per heavy atom. The average Bonchev–Trinajstić information content (AvgIpc) is 3.33. The predicted octanol–water partition coefficient (Wildman–Crippen LogP) is 3.00. The summed E-state index contributed by atoms with van der Waals surface area (Å²) in [6, 6.07) is 9.27. The third-order valence-electron chi connectivity index (χ3n) is 4.70. The Morgan fingerprint density at radius 3 is 2.88 bits per heavy atom. The molecule has 1 aromatic carbocycles. The van der Waals surface area contributed by atoms with Crippen molar-refractivity contribution in [1.29, 1.82) is 0 Å². The van der Waals surface area contributed by atoms with Crippen LogP contribution >= 0.6 is 11.3 Å². The van der Waals surface area contributed by atoms with Crippen molar-refractivity contribution in [3.05, 3.63) is 40.6 Å². The number of rotatable bonds is 3. The van der Waals surface area contributed by atoms with Gasteiger partial charge in [0.1, 0.15) is 11.0 Å². The van der Waals surface area contributed by atoms with E-state index in [1.165, 1.54) is 0 Å². The lowest BCUT2D eigenvalue weighted by Crippen LogP contribution is -2.42. The van der Waals surface area contributed by atoms with Crippen LogP contribution in [0, 0.1) is 5.92 Å². The molecule has 3 heterocycles. The molecule has 4 rings (SSSR count). The summed E-state index contributed by atoms with van der Waals surface area (Å²) in [6.07, 6.45) is 1.15. The van der Waals surface area contributed by atoms with Gasteiger partial charge in [0.05, 0.1) is 11.8 Å². The molecule has 25 heavy (non-hydrogen) atoms. The quantitative estimate of drug-likeness (QED) is 0.672. The van der Waals surface area contributed by atoms with Crippen LogP contribution in [0.3, 0.4) is 0 Å². The topological polar surface area (TPSA) is 94.1 Å². The number of urea groups is 1. The monoisotopic (exact) mass is 357 g/mol. The smallest absolute Gasteiger partial charge is 0.321 e. The maximum atomic E-state index is 12.5. The number of likely N-dealkylation sites (tertiary alicyclic amines) is 1. The van der Waals surface area contributed by atoms with Gasteiger partial charge in [-0.25, -0.2) is 4.79 Å². The highest BCUT2D eigenvalue weighted by molar-refractivity contribution is 7.10. The Kier molecular flexibility index (Phi) is 4.37. The molecule has 2 amide bonds. The van der Waals surface area contributed by atoms with Crippen molar-refractivity contribution in [2.24, 2.45) is 5.92 Å². The molecule has 3 N–H and O–H groups in total. The van der Waals surface area contributed by atoms with E-state index in [-0.39, 0.29) is 11.9 Å². The summed E-state index contributed by atoms with van der Waals surface area (Å²) < 4.78 is 0. The zero-order valence-electron chi connectivity index (χ0n) is 13.6. The molecule has 1 saturated heterocycles. The minimum absolute atomic E-state index is 0.139. The van der Waals surface area contributed by atoms with E-state index in [9.17, 15) is 9.90 Å². The van der Waals surface area contributed by atoms with Gasteiger partial charge in [0.2, 0.25) is 0 Å². The second kappa shape index (κ2) is 6.81. The fourth-order valence-corrected chi connectivity index (χ4v) is 4.08. The highest BCUT2D eigenvalue weighted by Crippen LogP contribution is 2.33. The van der Waals surface area contributed by atoms with E-state index in [1.807, 2.05) is 35.7 Å². The molecular weight excluding hydrogens is 338 g/mol. The number of para-hydroxylation sites is 1. The van der Waals surface area contributed by atoms with Crippen LogP contribution in [-0.2, 0) is 0 Å². The van der Waals surface area contributed by atoms with Crippen molar-refractivity contribution in [3.63, 3.8) is 0 Å². The van der Waals surface area contributed by atoms with Crippen LogP contribution in [-0.4, -0.2) is 44.5 Å². The number of carbonyl (C=O) groups excluding carboxylic acids is 1. The van der Waals surface area contributed by atoms with Gasteiger partial charge in [0.25, 0.3) is 0 Å². The maximum Gasteiger partial charge on any atom is 0.321 e. The Hall–Kier alpha value is -2.45. The molecule has 1 unspecified atom stereocenters. The summed E-state index contributed by atoms with van der Waals surface area (Å²) in [5.41, 5.74) is 2.02. The third kappa shape index (κ3) is 3.22. The molecule has 130 valence electrons. The zero-order chi connectivity index (χ0) is 17.2. The highest BCUT2D eigenvalue weighted by atomic mass is 32.1. The molecule has 0 radical (unpaired) electrons. The van der Waals surface area contributed by atoms with Gasteiger partial charge in [-0.2, -0.15) is 15.4 Å². The van der Waals surface area contributed by atoms with Crippen LogP contribution < -0.4 is 5.32 Å². The van der Waals surface area contributed by atoms with Crippen molar-refractivity contribution in [2.45, 2.75) is 18.9 Å². The van der Waals surface area contributed by atoms with Gasteiger partial charge < -0.3 is 15.3 Å². The molecule has 0 aliphatic carbocycles. The van der Waals surface area contributed by atoms with E-state index in [0.29, 0.717) is 24.3 Å². The maximum absolute atomic E-state index is 12.5. The van der Waals surface area contributed by atoms with Gasteiger partial charge in [-0.15, -0.1) is 11.3 Å². The number of hydrogen-bond acceptors (Lipinski definition) is 5. The number of aliphatic hydroxyl groups excluding tert-OH is 1. The molecule has 8 heteroatoms. The van der Waals surface area contributed by atoms with E-state index < -0.39 is 6.10 Å². The Labute approximate surface area is 148 Å². The number of thiophene rings is 1. The number of carbonyl (C=O) groups is 1. The van der Waals surface area contributed by atoms with Gasteiger partial charge in [-0.05, 0) is 42.3 Å². The summed E-state index contributed by atoms with van der Waals surface area (Å²) in [5, 5.41) is 26.0. The van der Waals surface area contributed by atoms with Crippen molar-refractivity contribution in [3.8, 4) is 0 Å². The first kappa shape index (κ1) is 16.0. The van der Waals surface area contributed by atoms with E-state index in [0.717, 1.165) is 23.2 Å². The minimum Gasteiger partial charge on any atom is -0.387 e. The molecule has 1 atom stereocenters. The highest BCUT2D eigenvalue weighted by Gasteiger charge is 2.29. The van der Waals surface area contributed by atoms with E-state index in [1.54, 1.807) is 16.2 Å². The first-order chi connectivity index (χ1) is 12.2. The summed E-state index contributed by atoms with van der Waals surface area (Å²) in [4.78, 5) is 15.3. The summed E-state index contributed by atoms with van der Waals surface area (Å²) in [7, 11) is 0. The molecule has 0 bridgehead atoms. The van der Waals surface area contributed by atoms with Gasteiger partial charge >= 0.3 is 6.03 Å². The van der Waals surface area contributed by atoms with Gasteiger partial charge in [-0.1, -0.05) is 12.1 Å². The van der Waals surface area contributed by atoms with E-state index >= 15 is 0 Å². The molecule has 1 aliphatic rings. The molecule has 3 aromatic rings. The molecule has 1 fully saturated rings. The first-order valence-corrected chi connectivity index (χ1v) is 9.17. The van der Waals surface area contributed by atoms with Crippen molar-refractivity contribution in [2.75, 3.05) is 18.4 Å². The Balaban J connectivity index is 1.37. The summed E-state index contributed by atoms with van der Waals surface area (Å²) in [5.74, 6) is 0.196. The number of aromatic nitrogens is 3. The second-order valence-electron chi connectivity index (χ2n) is 6.21. The number of hydrogen-bond donors (Lipinski definition) is 3. The first-order valence-electron chi connectivity index (χ1n) is 8.29. The molecule has 0 spiro atoms. The Morgan fingerprint density at radius 2 is 2.12 bits per heavy atom. The second-order valence-corrected chi connectivity index (χ2v) is 7.19. The standard InChI is InChI=1S/C17H19N5O2S/c23-16(14-5-2-10-25-14)11-6-8-22(9-7-11)17(24)18-12-3-1-4-13-15(12)20-21-19-13/h1-5,10-11,16,23H,6-9H2,(H,18,24)(H,19,20,21). The lowest BCUT2D eigenvalue weighted by molar-refractivity contribution is 0.0708. The van der Waals surface area contributed by atoms with Crippen molar-refractivity contribution < 1.29 is 9.90 Å². The number of nitrogens with one attached hydrogen (secondary N) is 2. The third-order valence-corrected chi connectivity index (χ3v) is 5.64. The number of aliphatic hydroxyl groups is 1. The van der Waals surface area contributed by atoms with Crippen LogP contribution in [0.4, 0.5) is 10.5 Å². The Bertz CT molecular complexity index is 855. The fourth-order valence-electron chi connectivity index (χ4n) is 3.27. The fraction of sp³-hybridized carbons (Fsp3) is 0.353. The van der Waals surface area contributed by atoms with Gasteiger partial charge in [0.15, 0.2) is 0 Å². The lowest BCUT2D eigenvalue weighted by Gasteiger charge is -2.34. The number of H-pyrrole nitrogens is 1. The number of anilines is 1. The number of nitrogens with zero attached hydrogens (tertiary/aromatic N) is 3. The van der Waals surface area contributed by atoms with E-state index in [2.05, 4.69) is 20.7 Å². The minimum atomic E-state index is -0.436. The van der Waals surface area contributed by atoms with Crippen LogP contribution in [0.2, 0.25) is 0 Å². The van der Waals surface area contributed by atoms with Crippen molar-refractivity contribution in [1.82, 2.24) is 20.3 Å². The van der Waals surface area contributed by atoms with Gasteiger partial charge in [0, 0.05) is 18.0 Å². The number of benzene rings is 1. The van der Waals surface area contributed by atoms with Crippen LogP contribution in [0.15, 0.2) is 35.7 Å². The number of piperidine rings is 1. The average molecular weight is 357 g/mol. The number of fused-ring (bicyclic) bond motifs is 1. The van der Waals surface area contributed by atoms with Crippen molar-refractivity contribution >= 4 is 34.1 Å². The number of aromatic amines is 1. The van der Waals surface area contributed by atoms with Crippen LogP contribution in [0.25, 0.3) is 11.0 Å². The normalized spacial score (nSPS) is 16.9. The van der Waals surface area contributed by atoms with Crippen LogP contribution in [0.1, 0.15) is 23.8 Å². The van der Waals surface area contributed by atoms with E-state index in [4.69, 9.17) is 0 Å². The van der Waals surface area contributed by atoms with Crippen LogP contribution in [0.5, 0.6) is 0 Å². The number of amides is 2.